The monoisotopic (exact) mass is 318 g/mol. The van der Waals surface area contributed by atoms with Crippen molar-refractivity contribution in [2.75, 3.05) is 12.3 Å². The number of furan rings is 1. The summed E-state index contributed by atoms with van der Waals surface area (Å²) in [5, 5.41) is 5.72. The van der Waals surface area contributed by atoms with E-state index in [1.807, 2.05) is 38.1 Å². The fourth-order valence-electron chi connectivity index (χ4n) is 2.08. The van der Waals surface area contributed by atoms with Crippen LogP contribution in [0, 0.1) is 13.8 Å². The molecule has 0 aliphatic heterocycles. The van der Waals surface area contributed by atoms with Crippen LogP contribution in [0.1, 0.15) is 23.5 Å². The number of aryl methyl sites for hydroxylation is 2. The van der Waals surface area contributed by atoms with Gasteiger partial charge in [0, 0.05) is 23.5 Å². The van der Waals surface area contributed by atoms with Gasteiger partial charge >= 0.3 is 6.03 Å². The molecule has 0 aliphatic carbocycles. The van der Waals surface area contributed by atoms with Crippen LogP contribution in [0.3, 0.4) is 0 Å². The number of hydrogen-bond donors (Lipinski definition) is 2. The molecule has 0 spiro atoms. The topological polar surface area (TPSA) is 54.3 Å². The molecular weight excluding hydrogens is 296 g/mol. The van der Waals surface area contributed by atoms with Crippen molar-refractivity contribution in [3.8, 4) is 0 Å². The molecule has 0 saturated heterocycles. The predicted octanol–water partition coefficient (Wildman–Crippen LogP) is 3.88. The lowest BCUT2D eigenvalue weighted by Crippen LogP contribution is -2.35. The van der Waals surface area contributed by atoms with Crippen LogP contribution in [-0.2, 0) is 6.54 Å². The number of nitrogens with one attached hydrogen (secondary N) is 2. The van der Waals surface area contributed by atoms with Crippen molar-refractivity contribution in [2.45, 2.75) is 31.7 Å². The van der Waals surface area contributed by atoms with Gasteiger partial charge in [0.05, 0.1) is 0 Å². The molecule has 2 amide bonds. The fraction of sp³-hybridized carbons (Fsp3) is 0.353. The van der Waals surface area contributed by atoms with E-state index in [-0.39, 0.29) is 6.03 Å². The molecule has 2 N–H and O–H groups in total. The van der Waals surface area contributed by atoms with Crippen molar-refractivity contribution in [1.29, 1.82) is 0 Å². The Bertz CT molecular complexity index is 596. The molecule has 0 aliphatic rings. The molecule has 0 radical (unpaired) electrons. The van der Waals surface area contributed by atoms with E-state index in [4.69, 9.17) is 4.42 Å². The highest BCUT2D eigenvalue weighted by molar-refractivity contribution is 7.99. The number of carbonyl (C=O) groups is 1. The molecule has 1 heterocycles. The summed E-state index contributed by atoms with van der Waals surface area (Å²) in [6.45, 7) is 4.98. The molecule has 118 valence electrons. The Morgan fingerprint density at radius 1 is 1.18 bits per heavy atom. The minimum absolute atomic E-state index is 0.136. The van der Waals surface area contributed by atoms with E-state index < -0.39 is 0 Å². The van der Waals surface area contributed by atoms with Crippen LogP contribution < -0.4 is 10.6 Å². The highest BCUT2D eigenvalue weighted by Crippen LogP contribution is 2.17. The van der Waals surface area contributed by atoms with Crippen molar-refractivity contribution in [3.63, 3.8) is 0 Å². The van der Waals surface area contributed by atoms with E-state index in [1.54, 1.807) is 11.8 Å². The maximum Gasteiger partial charge on any atom is 0.315 e. The smallest absolute Gasteiger partial charge is 0.315 e. The molecule has 2 aromatic rings. The van der Waals surface area contributed by atoms with Gasteiger partial charge in [-0.1, -0.05) is 18.2 Å². The molecule has 0 atom stereocenters. The zero-order valence-electron chi connectivity index (χ0n) is 13.0. The van der Waals surface area contributed by atoms with E-state index >= 15 is 0 Å². The highest BCUT2D eigenvalue weighted by Gasteiger charge is 2.06. The first-order valence-corrected chi connectivity index (χ1v) is 8.39. The quantitative estimate of drug-likeness (QED) is 0.602. The second-order valence-corrected chi connectivity index (χ2v) is 6.23. The lowest BCUT2D eigenvalue weighted by atomic mass is 10.2. The van der Waals surface area contributed by atoms with E-state index in [1.165, 1.54) is 4.90 Å². The van der Waals surface area contributed by atoms with Gasteiger partial charge in [-0.2, -0.15) is 0 Å². The summed E-state index contributed by atoms with van der Waals surface area (Å²) in [7, 11) is 0. The Balaban J connectivity index is 1.57. The first kappa shape index (κ1) is 16.5. The minimum atomic E-state index is -0.136. The molecule has 0 saturated carbocycles. The van der Waals surface area contributed by atoms with Crippen molar-refractivity contribution in [1.82, 2.24) is 10.6 Å². The first-order valence-electron chi connectivity index (χ1n) is 7.40. The Morgan fingerprint density at radius 2 is 1.95 bits per heavy atom. The SMILES string of the molecule is Cc1cc(CNC(=O)NCCCSc2ccccc2)c(C)o1. The summed E-state index contributed by atoms with van der Waals surface area (Å²) >= 11 is 1.80. The van der Waals surface area contributed by atoms with Gasteiger partial charge in [0.1, 0.15) is 11.5 Å². The summed E-state index contributed by atoms with van der Waals surface area (Å²) < 4.78 is 5.43. The number of amides is 2. The predicted molar refractivity (Wildman–Crippen MR) is 90.2 cm³/mol. The Kier molecular flexibility index (Phi) is 6.40. The van der Waals surface area contributed by atoms with Gasteiger partial charge in [-0.05, 0) is 44.2 Å². The molecule has 4 nitrogen and oxygen atoms in total. The number of carbonyl (C=O) groups excluding carboxylic acids is 1. The summed E-state index contributed by atoms with van der Waals surface area (Å²) in [5.41, 5.74) is 1.02. The van der Waals surface area contributed by atoms with E-state index in [2.05, 4.69) is 22.8 Å². The van der Waals surface area contributed by atoms with Crippen LogP contribution in [0.2, 0.25) is 0 Å². The van der Waals surface area contributed by atoms with E-state index in [9.17, 15) is 4.79 Å². The molecule has 5 heteroatoms. The average Bonchev–Trinajstić information content (AvgIpc) is 2.84. The summed E-state index contributed by atoms with van der Waals surface area (Å²) in [5.74, 6) is 2.72. The average molecular weight is 318 g/mol. The largest absolute Gasteiger partial charge is 0.466 e. The number of rotatable bonds is 7. The van der Waals surface area contributed by atoms with Crippen LogP contribution in [0.15, 0.2) is 45.7 Å². The van der Waals surface area contributed by atoms with Gasteiger partial charge in [-0.15, -0.1) is 11.8 Å². The standard InChI is InChI=1S/C17H22N2O2S/c1-13-11-15(14(2)21-13)12-19-17(20)18-9-6-10-22-16-7-4-3-5-8-16/h3-5,7-8,11H,6,9-10,12H2,1-2H3,(H2,18,19,20). The maximum atomic E-state index is 11.7. The summed E-state index contributed by atoms with van der Waals surface area (Å²) in [6, 6.07) is 12.1. The lowest BCUT2D eigenvalue weighted by molar-refractivity contribution is 0.240. The highest BCUT2D eigenvalue weighted by atomic mass is 32.2. The van der Waals surface area contributed by atoms with Crippen molar-refractivity contribution < 1.29 is 9.21 Å². The van der Waals surface area contributed by atoms with Crippen LogP contribution in [0.4, 0.5) is 4.79 Å². The van der Waals surface area contributed by atoms with E-state index in [0.717, 1.165) is 29.3 Å². The Hall–Kier alpha value is -1.88. The second-order valence-electron chi connectivity index (χ2n) is 5.06. The molecule has 1 aromatic heterocycles. The van der Waals surface area contributed by atoms with Gasteiger partial charge in [0.15, 0.2) is 0 Å². The number of hydrogen-bond acceptors (Lipinski definition) is 3. The zero-order chi connectivity index (χ0) is 15.8. The third-order valence-corrected chi connectivity index (χ3v) is 4.30. The second kappa shape index (κ2) is 8.54. The summed E-state index contributed by atoms with van der Waals surface area (Å²) in [4.78, 5) is 13.0. The fourth-order valence-corrected chi connectivity index (χ4v) is 2.95. The normalized spacial score (nSPS) is 10.5. The minimum Gasteiger partial charge on any atom is -0.466 e. The molecule has 1 aromatic carbocycles. The van der Waals surface area contributed by atoms with Crippen molar-refractivity contribution in [2.24, 2.45) is 0 Å². The number of benzene rings is 1. The molecule has 0 bridgehead atoms. The third kappa shape index (κ3) is 5.48. The summed E-state index contributed by atoms with van der Waals surface area (Å²) in [6.07, 6.45) is 0.941. The zero-order valence-corrected chi connectivity index (χ0v) is 13.8. The van der Waals surface area contributed by atoms with Gasteiger partial charge < -0.3 is 15.1 Å². The van der Waals surface area contributed by atoms with Crippen LogP contribution >= 0.6 is 11.8 Å². The van der Waals surface area contributed by atoms with Crippen molar-refractivity contribution >= 4 is 17.8 Å². The molecule has 0 unspecified atom stereocenters. The first-order chi connectivity index (χ1) is 10.6. The van der Waals surface area contributed by atoms with Crippen LogP contribution in [0.5, 0.6) is 0 Å². The van der Waals surface area contributed by atoms with Crippen LogP contribution in [0.25, 0.3) is 0 Å². The Morgan fingerprint density at radius 3 is 2.64 bits per heavy atom. The molecule has 2 rings (SSSR count). The van der Waals surface area contributed by atoms with E-state index in [0.29, 0.717) is 13.1 Å². The molecule has 0 fully saturated rings. The van der Waals surface area contributed by atoms with Crippen LogP contribution in [-0.4, -0.2) is 18.3 Å². The van der Waals surface area contributed by atoms with Gasteiger partial charge in [0.2, 0.25) is 0 Å². The Labute approximate surface area is 135 Å². The maximum absolute atomic E-state index is 11.7. The molecule has 22 heavy (non-hydrogen) atoms. The van der Waals surface area contributed by atoms with Gasteiger partial charge in [-0.3, -0.25) is 0 Å². The van der Waals surface area contributed by atoms with Crippen molar-refractivity contribution in [3.05, 3.63) is 53.5 Å². The lowest BCUT2D eigenvalue weighted by Gasteiger charge is -2.07. The third-order valence-electron chi connectivity index (χ3n) is 3.20. The number of urea groups is 1. The van der Waals surface area contributed by atoms with Gasteiger partial charge in [0.25, 0.3) is 0 Å². The molecular formula is C17H22N2O2S. The van der Waals surface area contributed by atoms with Gasteiger partial charge in [-0.25, -0.2) is 4.79 Å². The number of thioether (sulfide) groups is 1.